The minimum Gasteiger partial charge on any atom is -0.369 e. The highest BCUT2D eigenvalue weighted by molar-refractivity contribution is 14.1. The molecule has 0 aliphatic rings. The number of aromatic nitrogens is 2. The highest BCUT2D eigenvalue weighted by Crippen LogP contribution is 2.26. The zero-order valence-electron chi connectivity index (χ0n) is 9.95. The molecule has 5 heteroatoms. The SMILES string of the molecule is CCCNc1nc(-c2ccccc2Br)ncc1I. The molecule has 2 aromatic rings. The maximum Gasteiger partial charge on any atom is 0.162 e. The Balaban J connectivity index is 2.38. The predicted molar refractivity (Wildman–Crippen MR) is 86.7 cm³/mol. The van der Waals surface area contributed by atoms with Crippen molar-refractivity contribution < 1.29 is 0 Å². The second-order valence-electron chi connectivity index (χ2n) is 3.80. The van der Waals surface area contributed by atoms with E-state index in [1.54, 1.807) is 0 Å². The molecule has 18 heavy (non-hydrogen) atoms. The highest BCUT2D eigenvalue weighted by Gasteiger charge is 2.08. The third-order valence-electron chi connectivity index (χ3n) is 2.40. The Morgan fingerprint density at radius 3 is 2.83 bits per heavy atom. The third-order valence-corrected chi connectivity index (χ3v) is 3.88. The molecule has 0 atom stereocenters. The number of anilines is 1. The molecule has 3 nitrogen and oxygen atoms in total. The van der Waals surface area contributed by atoms with Crippen LogP contribution >= 0.6 is 38.5 Å². The third kappa shape index (κ3) is 3.20. The quantitative estimate of drug-likeness (QED) is 0.752. The molecule has 1 heterocycles. The summed E-state index contributed by atoms with van der Waals surface area (Å²) in [5, 5.41) is 3.32. The van der Waals surface area contributed by atoms with E-state index in [9.17, 15) is 0 Å². The van der Waals surface area contributed by atoms with E-state index in [0.29, 0.717) is 0 Å². The lowest BCUT2D eigenvalue weighted by atomic mass is 10.2. The van der Waals surface area contributed by atoms with E-state index in [0.717, 1.165) is 38.2 Å². The first-order valence-electron chi connectivity index (χ1n) is 5.73. The van der Waals surface area contributed by atoms with Crippen LogP contribution in [0.25, 0.3) is 11.4 Å². The predicted octanol–water partition coefficient (Wildman–Crippen LogP) is 4.33. The molecule has 0 amide bonds. The van der Waals surface area contributed by atoms with Gasteiger partial charge in [0.05, 0.1) is 3.57 Å². The molecule has 94 valence electrons. The van der Waals surface area contributed by atoms with E-state index in [4.69, 9.17) is 0 Å². The molecule has 1 N–H and O–H groups in total. The highest BCUT2D eigenvalue weighted by atomic mass is 127. The molecule has 0 saturated heterocycles. The second kappa shape index (κ2) is 6.47. The molecule has 0 unspecified atom stereocenters. The Morgan fingerprint density at radius 2 is 2.11 bits per heavy atom. The van der Waals surface area contributed by atoms with Gasteiger partial charge in [0.2, 0.25) is 0 Å². The normalized spacial score (nSPS) is 10.4. The van der Waals surface area contributed by atoms with Gasteiger partial charge in [0.1, 0.15) is 5.82 Å². The van der Waals surface area contributed by atoms with Gasteiger partial charge in [0, 0.05) is 22.8 Å². The molecule has 0 fully saturated rings. The zero-order chi connectivity index (χ0) is 13.0. The van der Waals surface area contributed by atoms with Crippen molar-refractivity contribution in [1.82, 2.24) is 9.97 Å². The van der Waals surface area contributed by atoms with Crippen LogP contribution in [0.15, 0.2) is 34.9 Å². The molecule has 0 saturated carbocycles. The van der Waals surface area contributed by atoms with E-state index in [1.807, 2.05) is 30.5 Å². The minimum atomic E-state index is 0.737. The van der Waals surface area contributed by atoms with Crippen LogP contribution in [-0.4, -0.2) is 16.5 Å². The molecule has 2 rings (SSSR count). The van der Waals surface area contributed by atoms with Gasteiger partial charge in [-0.3, -0.25) is 0 Å². The van der Waals surface area contributed by atoms with E-state index in [1.165, 1.54) is 0 Å². The Morgan fingerprint density at radius 1 is 1.33 bits per heavy atom. The van der Waals surface area contributed by atoms with Crippen molar-refractivity contribution in [2.24, 2.45) is 0 Å². The second-order valence-corrected chi connectivity index (χ2v) is 5.81. The Bertz CT molecular complexity index is 546. The van der Waals surface area contributed by atoms with Crippen molar-refractivity contribution in [3.8, 4) is 11.4 Å². The summed E-state index contributed by atoms with van der Waals surface area (Å²) < 4.78 is 2.05. The number of benzene rings is 1. The van der Waals surface area contributed by atoms with E-state index in [2.05, 4.69) is 60.7 Å². The fourth-order valence-corrected chi connectivity index (χ4v) is 2.42. The first kappa shape index (κ1) is 13.7. The van der Waals surface area contributed by atoms with Crippen LogP contribution in [0.1, 0.15) is 13.3 Å². The summed E-state index contributed by atoms with van der Waals surface area (Å²) in [7, 11) is 0. The summed E-state index contributed by atoms with van der Waals surface area (Å²) in [6, 6.07) is 7.97. The van der Waals surface area contributed by atoms with Gasteiger partial charge in [-0.25, -0.2) is 9.97 Å². The van der Waals surface area contributed by atoms with E-state index in [-0.39, 0.29) is 0 Å². The molecule has 0 radical (unpaired) electrons. The van der Waals surface area contributed by atoms with Crippen LogP contribution in [0.5, 0.6) is 0 Å². The molecule has 0 aliphatic heterocycles. The summed E-state index contributed by atoms with van der Waals surface area (Å²) in [5.41, 5.74) is 1.01. The largest absolute Gasteiger partial charge is 0.369 e. The van der Waals surface area contributed by atoms with Crippen LogP contribution in [0, 0.1) is 3.57 Å². The summed E-state index contributed by atoms with van der Waals surface area (Å²) in [6.07, 6.45) is 2.92. The lowest BCUT2D eigenvalue weighted by molar-refractivity contribution is 0.963. The van der Waals surface area contributed by atoms with E-state index >= 15 is 0 Å². The first-order valence-corrected chi connectivity index (χ1v) is 7.61. The average molecular weight is 418 g/mol. The maximum atomic E-state index is 4.58. The summed E-state index contributed by atoms with van der Waals surface area (Å²) >= 11 is 5.77. The lowest BCUT2D eigenvalue weighted by Gasteiger charge is -2.09. The Hall–Kier alpha value is -0.690. The van der Waals surface area contributed by atoms with Gasteiger partial charge in [-0.1, -0.05) is 41.1 Å². The maximum absolute atomic E-state index is 4.58. The van der Waals surface area contributed by atoms with Gasteiger partial charge < -0.3 is 5.32 Å². The van der Waals surface area contributed by atoms with Crippen LogP contribution in [0.2, 0.25) is 0 Å². The monoisotopic (exact) mass is 417 g/mol. The van der Waals surface area contributed by atoms with Gasteiger partial charge in [-0.2, -0.15) is 0 Å². The minimum absolute atomic E-state index is 0.737. The van der Waals surface area contributed by atoms with Crippen LogP contribution in [0.4, 0.5) is 5.82 Å². The molecular weight excluding hydrogens is 405 g/mol. The van der Waals surface area contributed by atoms with Gasteiger partial charge in [0.15, 0.2) is 5.82 Å². The van der Waals surface area contributed by atoms with Gasteiger partial charge in [-0.15, -0.1) is 0 Å². The van der Waals surface area contributed by atoms with Gasteiger partial charge in [-0.05, 0) is 35.1 Å². The van der Waals surface area contributed by atoms with Crippen molar-refractivity contribution in [2.75, 3.05) is 11.9 Å². The van der Waals surface area contributed by atoms with Crippen molar-refractivity contribution in [2.45, 2.75) is 13.3 Å². The lowest BCUT2D eigenvalue weighted by Crippen LogP contribution is -2.05. The van der Waals surface area contributed by atoms with Crippen LogP contribution in [-0.2, 0) is 0 Å². The van der Waals surface area contributed by atoms with E-state index < -0.39 is 0 Å². The van der Waals surface area contributed by atoms with Crippen LogP contribution < -0.4 is 5.32 Å². The topological polar surface area (TPSA) is 37.8 Å². The number of rotatable bonds is 4. The molecular formula is C13H13BrIN3. The number of hydrogen-bond donors (Lipinski definition) is 1. The number of nitrogens with zero attached hydrogens (tertiary/aromatic N) is 2. The van der Waals surface area contributed by atoms with Crippen molar-refractivity contribution in [3.63, 3.8) is 0 Å². The standard InChI is InChI=1S/C13H13BrIN3/c1-2-7-16-13-11(15)8-17-12(18-13)9-5-3-4-6-10(9)14/h3-6,8H,2,7H2,1H3,(H,16,17,18). The molecule has 0 aliphatic carbocycles. The van der Waals surface area contributed by atoms with Crippen molar-refractivity contribution in [3.05, 3.63) is 38.5 Å². The number of nitrogens with one attached hydrogen (secondary N) is 1. The fraction of sp³-hybridized carbons (Fsp3) is 0.231. The van der Waals surface area contributed by atoms with Gasteiger partial charge >= 0.3 is 0 Å². The number of hydrogen-bond acceptors (Lipinski definition) is 3. The van der Waals surface area contributed by atoms with Gasteiger partial charge in [0.25, 0.3) is 0 Å². The Labute approximate surface area is 129 Å². The summed E-state index contributed by atoms with van der Waals surface area (Å²) in [5.74, 6) is 1.64. The van der Waals surface area contributed by atoms with Crippen molar-refractivity contribution in [1.29, 1.82) is 0 Å². The summed E-state index contributed by atoms with van der Waals surface area (Å²) in [6.45, 7) is 3.05. The zero-order valence-corrected chi connectivity index (χ0v) is 13.7. The summed E-state index contributed by atoms with van der Waals surface area (Å²) in [4.78, 5) is 8.97. The Kier molecular flexibility index (Phi) is 4.94. The molecule has 0 bridgehead atoms. The molecule has 1 aromatic carbocycles. The first-order chi connectivity index (χ1) is 8.72. The fourth-order valence-electron chi connectivity index (χ4n) is 1.51. The number of halogens is 2. The average Bonchev–Trinajstić information content (AvgIpc) is 2.39. The smallest absolute Gasteiger partial charge is 0.162 e. The molecule has 0 spiro atoms. The molecule has 1 aromatic heterocycles. The van der Waals surface area contributed by atoms with Crippen LogP contribution in [0.3, 0.4) is 0 Å². The van der Waals surface area contributed by atoms with Crippen molar-refractivity contribution >= 4 is 44.3 Å².